The number of aromatic nitrogens is 3. The summed E-state index contributed by atoms with van der Waals surface area (Å²) in [7, 11) is 0. The third kappa shape index (κ3) is 8.95. The minimum Gasteiger partial charge on any atom is -0.440 e. The Hall–Kier alpha value is -10.7. The first kappa shape index (κ1) is 58.9. The van der Waals surface area contributed by atoms with Gasteiger partial charge in [-0.2, -0.15) is 9.97 Å². The predicted octanol–water partition coefficient (Wildman–Crippen LogP) is 18.7. The summed E-state index contributed by atoms with van der Waals surface area (Å²) in [6, 6.07) is 84.8. The third-order valence-corrected chi connectivity index (χ3v) is 22.7. The molecule has 0 atom stereocenters. The van der Waals surface area contributed by atoms with Gasteiger partial charge in [0, 0.05) is 60.5 Å². The summed E-state index contributed by atoms with van der Waals surface area (Å²) in [6.07, 6.45) is 2.24. The fourth-order valence-corrected chi connectivity index (χ4v) is 18.0. The van der Waals surface area contributed by atoms with E-state index < -0.39 is 0 Å². The molecule has 470 valence electrons. The molecule has 0 bridgehead atoms. The standard InChI is InChI=1S/C85H72B2N8OS/c1-51-27-17-21-39-66(51)94(76-53(3)29-25-30-54(76)4)73-50-70-74-80(88-73)92(57-33-13-11-14-34-57)69-49-68-64(48-65(69)87(74)79-78(60-37-19-24-42-72(60)97-79)91(70)59-43-44-61-62(47-59)85(9,10)46-45-84(61,7)8)86-63-38-20-23-41-71(63)96-82-75(86)81(93(68)58-35-15-12-16-36-58)89-83(90-82)95(67-40-22-18-28-52(67)2)77-55(5)31-26-32-56(77)6/h11-44,47-50H,45-46H2,1-10H3. The molecule has 0 saturated carbocycles. The Morgan fingerprint density at radius 2 is 0.959 bits per heavy atom. The van der Waals surface area contributed by atoms with Gasteiger partial charge in [-0.3, -0.25) is 19.6 Å². The molecule has 0 unspecified atom stereocenters. The zero-order chi connectivity index (χ0) is 65.9. The summed E-state index contributed by atoms with van der Waals surface area (Å²) in [5.41, 5.74) is 26.8. The lowest BCUT2D eigenvalue weighted by atomic mass is 9.32. The van der Waals surface area contributed by atoms with Crippen LogP contribution in [0.2, 0.25) is 0 Å². The number of benzene rings is 10. The molecule has 0 saturated heterocycles. The van der Waals surface area contributed by atoms with Crippen LogP contribution in [0.3, 0.4) is 0 Å². The Morgan fingerprint density at radius 3 is 1.61 bits per heavy atom. The summed E-state index contributed by atoms with van der Waals surface area (Å²) in [6.45, 7) is 22.4. The number of anilines is 15. The fraction of sp³-hybridized carbons (Fsp3) is 0.165. The van der Waals surface area contributed by atoms with Crippen molar-refractivity contribution in [2.45, 2.75) is 92.9 Å². The van der Waals surface area contributed by atoms with Crippen molar-refractivity contribution in [3.8, 4) is 11.6 Å². The molecular weight excluding hydrogens is 1200 g/mol. The van der Waals surface area contributed by atoms with Crippen molar-refractivity contribution in [2.24, 2.45) is 0 Å². The Morgan fingerprint density at radius 1 is 0.423 bits per heavy atom. The van der Waals surface area contributed by atoms with E-state index in [4.69, 9.17) is 19.7 Å². The van der Waals surface area contributed by atoms with E-state index in [2.05, 4.69) is 324 Å². The van der Waals surface area contributed by atoms with Crippen LogP contribution in [0, 0.1) is 41.5 Å². The lowest BCUT2D eigenvalue weighted by Crippen LogP contribution is -2.64. The molecule has 0 radical (unpaired) electrons. The summed E-state index contributed by atoms with van der Waals surface area (Å²) < 4.78 is 9.78. The minimum atomic E-state index is -0.326. The highest BCUT2D eigenvalue weighted by Crippen LogP contribution is 2.54. The average Bonchev–Trinajstić information content (AvgIpc) is 1.66. The molecule has 18 rings (SSSR count). The molecular formula is C85H72B2N8OS. The van der Waals surface area contributed by atoms with E-state index in [0.29, 0.717) is 11.8 Å². The second-order valence-corrected chi connectivity index (χ2v) is 29.6. The van der Waals surface area contributed by atoms with Crippen molar-refractivity contribution in [2.75, 3.05) is 24.5 Å². The van der Waals surface area contributed by atoms with Crippen molar-refractivity contribution in [1.82, 2.24) is 15.0 Å². The Bertz CT molecular complexity index is 5400. The predicted molar refractivity (Wildman–Crippen MR) is 408 cm³/mol. The number of ether oxygens (including phenoxy) is 1. The van der Waals surface area contributed by atoms with Gasteiger partial charge in [0.2, 0.25) is 11.8 Å². The van der Waals surface area contributed by atoms with Crippen LogP contribution in [0.4, 0.5) is 86.0 Å². The van der Waals surface area contributed by atoms with E-state index in [1.165, 1.54) is 37.1 Å². The number of pyridine rings is 1. The third-order valence-electron chi connectivity index (χ3n) is 21.5. The lowest BCUT2D eigenvalue weighted by Gasteiger charge is -2.46. The molecule has 3 aromatic heterocycles. The van der Waals surface area contributed by atoms with Crippen molar-refractivity contribution in [1.29, 1.82) is 0 Å². The Kier molecular flexibility index (Phi) is 13.3. The average molecular weight is 1280 g/mol. The van der Waals surface area contributed by atoms with Crippen LogP contribution in [0.15, 0.2) is 231 Å². The molecule has 1 aliphatic carbocycles. The first-order valence-corrected chi connectivity index (χ1v) is 34.9. The van der Waals surface area contributed by atoms with Crippen LogP contribution in [0.5, 0.6) is 11.6 Å². The molecule has 4 aliphatic heterocycles. The number of hydrogen-bond donors (Lipinski definition) is 0. The second kappa shape index (κ2) is 21.9. The fourth-order valence-electron chi connectivity index (χ4n) is 16.7. The first-order chi connectivity index (χ1) is 47.1. The van der Waals surface area contributed by atoms with E-state index in [0.717, 1.165) is 148 Å². The Labute approximate surface area is 573 Å². The zero-order valence-corrected chi connectivity index (χ0v) is 57.2. The van der Waals surface area contributed by atoms with Gasteiger partial charge in [-0.15, -0.1) is 11.3 Å². The first-order valence-electron chi connectivity index (χ1n) is 34.0. The molecule has 0 fully saturated rings. The maximum atomic E-state index is 7.26. The molecule has 97 heavy (non-hydrogen) atoms. The molecule has 10 aromatic carbocycles. The van der Waals surface area contributed by atoms with Crippen molar-refractivity contribution in [3.63, 3.8) is 0 Å². The molecule has 0 amide bonds. The number of nitrogens with zero attached hydrogens (tertiary/aromatic N) is 8. The number of hydrogen-bond acceptors (Lipinski definition) is 10. The quantitative estimate of drug-likeness (QED) is 0.132. The van der Waals surface area contributed by atoms with E-state index in [-0.39, 0.29) is 24.3 Å². The van der Waals surface area contributed by atoms with Crippen molar-refractivity contribution in [3.05, 3.63) is 275 Å². The van der Waals surface area contributed by atoms with Gasteiger partial charge in [0.05, 0.1) is 28.4 Å². The van der Waals surface area contributed by atoms with Crippen LogP contribution in [0.25, 0.3) is 10.1 Å². The molecule has 13 aromatic rings. The van der Waals surface area contributed by atoms with Gasteiger partial charge in [0.25, 0.3) is 13.4 Å². The van der Waals surface area contributed by atoms with Gasteiger partial charge in [-0.05, 0) is 198 Å². The normalized spacial score (nSPS) is 14.8. The van der Waals surface area contributed by atoms with Crippen LogP contribution in [0.1, 0.15) is 85.0 Å². The maximum absolute atomic E-state index is 7.26. The van der Waals surface area contributed by atoms with Crippen molar-refractivity contribution < 1.29 is 4.74 Å². The molecule has 5 aliphatic rings. The van der Waals surface area contributed by atoms with Crippen LogP contribution < -0.4 is 61.3 Å². The summed E-state index contributed by atoms with van der Waals surface area (Å²) in [5.74, 6) is 4.28. The highest BCUT2D eigenvalue weighted by molar-refractivity contribution is 7.33. The smallest absolute Gasteiger partial charge is 0.266 e. The second-order valence-electron chi connectivity index (χ2n) is 28.5. The Balaban J connectivity index is 0.974. The van der Waals surface area contributed by atoms with E-state index >= 15 is 0 Å². The SMILES string of the molecule is Cc1ccccc1N(c1cc2c3c(n1)N(c1ccccc1)c1cc4c(cc1B3c1sc3ccccc3c1N2c1ccc2c(c1)C(C)(C)CCC2(C)C)B1c2ccccc2Oc2nc(N(c3ccccc3C)c3c(C)cccc3C)nc(c21)N4c1ccccc1)c1c(C)cccc1C. The topological polar surface area (TPSA) is 64.1 Å². The molecule has 9 nitrogen and oxygen atoms in total. The van der Waals surface area contributed by atoms with Crippen LogP contribution >= 0.6 is 11.3 Å². The lowest BCUT2D eigenvalue weighted by molar-refractivity contribution is 0.332. The number of rotatable bonds is 9. The van der Waals surface area contributed by atoms with Crippen molar-refractivity contribution >= 4 is 153 Å². The minimum absolute atomic E-state index is 0.0247. The van der Waals surface area contributed by atoms with Gasteiger partial charge >= 0.3 is 0 Å². The summed E-state index contributed by atoms with van der Waals surface area (Å²) >= 11 is 1.92. The number of thiophene rings is 1. The van der Waals surface area contributed by atoms with Gasteiger partial charge in [0.1, 0.15) is 23.2 Å². The molecule has 7 heterocycles. The van der Waals surface area contributed by atoms with Crippen LogP contribution in [-0.4, -0.2) is 28.4 Å². The van der Waals surface area contributed by atoms with Gasteiger partial charge in [-0.25, -0.2) is 4.98 Å². The van der Waals surface area contributed by atoms with Crippen LogP contribution in [-0.2, 0) is 10.8 Å². The number of para-hydroxylation sites is 7. The van der Waals surface area contributed by atoms with E-state index in [9.17, 15) is 0 Å². The highest BCUT2D eigenvalue weighted by Gasteiger charge is 2.51. The summed E-state index contributed by atoms with van der Waals surface area (Å²) in [5, 5.41) is 1.22. The highest BCUT2D eigenvalue weighted by atomic mass is 32.1. The van der Waals surface area contributed by atoms with Gasteiger partial charge in [0.15, 0.2) is 0 Å². The number of fused-ring (bicyclic) bond motifs is 11. The number of aryl methyl sites for hydroxylation is 6. The molecule has 12 heteroatoms. The molecule has 0 spiro atoms. The largest absolute Gasteiger partial charge is 0.440 e. The maximum Gasteiger partial charge on any atom is 0.266 e. The zero-order valence-electron chi connectivity index (χ0n) is 56.4. The van der Waals surface area contributed by atoms with E-state index in [1.807, 2.05) is 11.3 Å². The van der Waals surface area contributed by atoms with E-state index in [1.54, 1.807) is 0 Å². The summed E-state index contributed by atoms with van der Waals surface area (Å²) in [4.78, 5) is 30.1. The van der Waals surface area contributed by atoms with Gasteiger partial charge < -0.3 is 9.64 Å². The van der Waals surface area contributed by atoms with Gasteiger partial charge in [-0.1, -0.05) is 185 Å². The monoisotopic (exact) mass is 1270 g/mol. The molecule has 0 N–H and O–H groups in total.